The minimum absolute atomic E-state index is 0.117. The Hall–Kier alpha value is -2.52. The number of carbonyl (C=O) groups excluding carboxylic acids is 2. The van der Waals surface area contributed by atoms with Crippen LogP contribution in [-0.4, -0.2) is 58.7 Å². The third kappa shape index (κ3) is 4.00. The second-order valence-corrected chi connectivity index (χ2v) is 8.24. The first-order valence-corrected chi connectivity index (χ1v) is 10.3. The van der Waals surface area contributed by atoms with Gasteiger partial charge in [-0.2, -0.15) is 0 Å². The topological polar surface area (TPSA) is 96.5 Å². The highest BCUT2D eigenvalue weighted by molar-refractivity contribution is 7.15. The summed E-state index contributed by atoms with van der Waals surface area (Å²) in [6.45, 7) is 4.06. The Morgan fingerprint density at radius 1 is 1.39 bits per heavy atom. The van der Waals surface area contributed by atoms with E-state index in [1.807, 2.05) is 25.1 Å². The molecule has 2 N–H and O–H groups in total. The summed E-state index contributed by atoms with van der Waals surface area (Å²) in [7, 11) is 0. The highest BCUT2D eigenvalue weighted by atomic mass is 32.1. The van der Waals surface area contributed by atoms with Crippen LogP contribution in [0.1, 0.15) is 35.1 Å². The molecule has 1 aromatic heterocycles. The van der Waals surface area contributed by atoms with Gasteiger partial charge in [0.15, 0.2) is 0 Å². The number of fused-ring (bicyclic) bond motifs is 1. The van der Waals surface area contributed by atoms with E-state index in [1.54, 1.807) is 6.07 Å². The Kier molecular flexibility index (Phi) is 5.27. The normalized spacial score (nSPS) is 22.1. The lowest BCUT2D eigenvalue weighted by molar-refractivity contribution is -0.118. The molecule has 2 aliphatic heterocycles. The number of anilines is 1. The van der Waals surface area contributed by atoms with Gasteiger partial charge in [-0.25, -0.2) is 0 Å². The van der Waals surface area contributed by atoms with Gasteiger partial charge in [0.1, 0.15) is 16.4 Å². The van der Waals surface area contributed by atoms with Crippen molar-refractivity contribution < 1.29 is 14.3 Å². The van der Waals surface area contributed by atoms with Crippen LogP contribution in [0.25, 0.3) is 0 Å². The summed E-state index contributed by atoms with van der Waals surface area (Å²) in [6.07, 6.45) is 2.52. The van der Waals surface area contributed by atoms with Gasteiger partial charge in [0, 0.05) is 6.54 Å². The maximum atomic E-state index is 12.4. The minimum Gasteiger partial charge on any atom is -0.483 e. The molecule has 1 aromatic carbocycles. The third-order valence-corrected chi connectivity index (χ3v) is 6.01. The number of benzene rings is 1. The lowest BCUT2D eigenvalue weighted by Gasteiger charge is -2.41. The number of rotatable bonds is 4. The van der Waals surface area contributed by atoms with Crippen LogP contribution in [0.4, 0.5) is 5.13 Å². The molecule has 2 aromatic rings. The Morgan fingerprint density at radius 2 is 2.25 bits per heavy atom. The van der Waals surface area contributed by atoms with E-state index in [4.69, 9.17) is 4.74 Å². The van der Waals surface area contributed by atoms with Crippen molar-refractivity contribution in [2.45, 2.75) is 31.8 Å². The number of likely N-dealkylation sites (tertiary alicyclic amines) is 1. The van der Waals surface area contributed by atoms with E-state index in [-0.39, 0.29) is 18.4 Å². The van der Waals surface area contributed by atoms with Crippen LogP contribution in [0.2, 0.25) is 0 Å². The fourth-order valence-corrected chi connectivity index (χ4v) is 4.41. The van der Waals surface area contributed by atoms with Gasteiger partial charge in [-0.3, -0.25) is 19.8 Å². The average Bonchev–Trinajstić information content (AvgIpc) is 3.09. The van der Waals surface area contributed by atoms with Gasteiger partial charge in [0.2, 0.25) is 11.0 Å². The highest BCUT2D eigenvalue weighted by Crippen LogP contribution is 2.32. The molecular weight excluding hydrogens is 378 g/mol. The first kappa shape index (κ1) is 18.8. The van der Waals surface area contributed by atoms with Gasteiger partial charge in [-0.1, -0.05) is 30.4 Å². The van der Waals surface area contributed by atoms with Gasteiger partial charge < -0.3 is 10.1 Å². The van der Waals surface area contributed by atoms with Gasteiger partial charge in [-0.05, 0) is 37.9 Å². The first-order chi connectivity index (χ1) is 13.6. The summed E-state index contributed by atoms with van der Waals surface area (Å²) in [5.74, 6) is 0.365. The molecule has 28 heavy (non-hydrogen) atoms. The number of amides is 2. The maximum Gasteiger partial charge on any atom is 0.255 e. The number of ether oxygens (including phenoxy) is 1. The minimum atomic E-state index is -0.529. The van der Waals surface area contributed by atoms with E-state index in [0.29, 0.717) is 29.5 Å². The molecule has 1 fully saturated rings. The van der Waals surface area contributed by atoms with E-state index in [9.17, 15) is 9.59 Å². The van der Waals surface area contributed by atoms with Gasteiger partial charge in [-0.15, -0.1) is 10.2 Å². The molecule has 9 heteroatoms. The molecule has 1 atom stereocenters. The smallest absolute Gasteiger partial charge is 0.255 e. The summed E-state index contributed by atoms with van der Waals surface area (Å²) in [5.41, 5.74) is 0.0241. The number of hydrogen-bond acceptors (Lipinski definition) is 7. The summed E-state index contributed by atoms with van der Waals surface area (Å²) in [5, 5.41) is 15.2. The zero-order chi connectivity index (χ0) is 19.6. The quantitative estimate of drug-likeness (QED) is 0.809. The van der Waals surface area contributed by atoms with Gasteiger partial charge in [0.25, 0.3) is 5.91 Å². The van der Waals surface area contributed by atoms with Crippen molar-refractivity contribution in [1.82, 2.24) is 20.4 Å². The van der Waals surface area contributed by atoms with Crippen molar-refractivity contribution in [3.8, 4) is 5.75 Å². The molecule has 3 heterocycles. The largest absolute Gasteiger partial charge is 0.483 e. The number of hydrogen-bond donors (Lipinski definition) is 2. The predicted octanol–water partition coefficient (Wildman–Crippen LogP) is 1.70. The zero-order valence-corrected chi connectivity index (χ0v) is 16.6. The lowest BCUT2D eigenvalue weighted by Crippen LogP contribution is -2.57. The molecule has 4 rings (SSSR count). The number of aryl methyl sites for hydroxylation is 1. The Labute approximate surface area is 167 Å². The number of carbonyl (C=O) groups is 2. The van der Waals surface area contributed by atoms with Crippen LogP contribution in [-0.2, 0) is 11.2 Å². The molecule has 0 aliphatic carbocycles. The van der Waals surface area contributed by atoms with Crippen molar-refractivity contribution >= 4 is 28.3 Å². The zero-order valence-electron chi connectivity index (χ0n) is 15.7. The molecular formula is C19H23N5O3S. The van der Waals surface area contributed by atoms with Crippen molar-refractivity contribution in [2.24, 2.45) is 0 Å². The predicted molar refractivity (Wildman–Crippen MR) is 106 cm³/mol. The van der Waals surface area contributed by atoms with E-state index < -0.39 is 5.60 Å². The third-order valence-electron chi connectivity index (χ3n) is 5.03. The molecule has 148 valence electrons. The first-order valence-electron chi connectivity index (χ1n) is 9.48. The van der Waals surface area contributed by atoms with Crippen LogP contribution in [0.5, 0.6) is 5.75 Å². The summed E-state index contributed by atoms with van der Waals surface area (Å²) in [4.78, 5) is 26.9. The fourth-order valence-electron chi connectivity index (χ4n) is 3.71. The lowest BCUT2D eigenvalue weighted by atomic mass is 9.92. The molecule has 0 radical (unpaired) electrons. The van der Waals surface area contributed by atoms with Crippen LogP contribution >= 0.6 is 11.3 Å². The van der Waals surface area contributed by atoms with Crippen molar-refractivity contribution in [3.63, 3.8) is 0 Å². The molecule has 0 bridgehead atoms. The molecule has 1 unspecified atom stereocenters. The van der Waals surface area contributed by atoms with Crippen LogP contribution in [0.15, 0.2) is 24.3 Å². The SMILES string of the molecule is CCc1nnc(NC(=O)CN2CCCC3(CNC(=O)c4ccccc4O3)C2)s1. The molecule has 2 amide bonds. The van der Waals surface area contributed by atoms with Crippen molar-refractivity contribution in [3.05, 3.63) is 34.8 Å². The monoisotopic (exact) mass is 401 g/mol. The molecule has 1 spiro atoms. The second-order valence-electron chi connectivity index (χ2n) is 7.18. The fraction of sp³-hybridized carbons (Fsp3) is 0.474. The Morgan fingerprint density at radius 3 is 3.07 bits per heavy atom. The standard InChI is InChI=1S/C19H23N5O3S/c1-2-16-22-23-18(28-16)21-15(25)10-24-9-5-8-19(12-24)11-20-17(26)13-6-3-4-7-14(13)27-19/h3-4,6-7H,2,5,8-12H2,1H3,(H,20,26)(H,21,23,25). The van der Waals surface area contributed by atoms with Crippen molar-refractivity contribution in [2.75, 3.05) is 31.5 Å². The molecule has 8 nitrogen and oxygen atoms in total. The molecule has 0 saturated carbocycles. The van der Waals surface area contributed by atoms with E-state index in [2.05, 4.69) is 25.7 Å². The van der Waals surface area contributed by atoms with E-state index >= 15 is 0 Å². The van der Waals surface area contributed by atoms with Crippen LogP contribution in [0.3, 0.4) is 0 Å². The van der Waals surface area contributed by atoms with E-state index in [0.717, 1.165) is 30.8 Å². The summed E-state index contributed by atoms with van der Waals surface area (Å²) >= 11 is 1.40. The second kappa shape index (κ2) is 7.84. The number of nitrogens with one attached hydrogen (secondary N) is 2. The van der Waals surface area contributed by atoms with Crippen LogP contribution in [0, 0.1) is 0 Å². The highest BCUT2D eigenvalue weighted by Gasteiger charge is 2.41. The van der Waals surface area contributed by atoms with Gasteiger partial charge >= 0.3 is 0 Å². The average molecular weight is 401 g/mol. The molecule has 2 aliphatic rings. The Bertz CT molecular complexity index is 886. The Balaban J connectivity index is 1.42. The summed E-state index contributed by atoms with van der Waals surface area (Å²) in [6, 6.07) is 7.29. The van der Waals surface area contributed by atoms with E-state index in [1.165, 1.54) is 11.3 Å². The number of para-hydroxylation sites is 1. The maximum absolute atomic E-state index is 12.4. The van der Waals surface area contributed by atoms with Crippen molar-refractivity contribution in [1.29, 1.82) is 0 Å². The number of aromatic nitrogens is 2. The number of piperidine rings is 1. The molecule has 1 saturated heterocycles. The summed E-state index contributed by atoms with van der Waals surface area (Å²) < 4.78 is 6.33. The van der Waals surface area contributed by atoms with Crippen LogP contribution < -0.4 is 15.4 Å². The number of nitrogens with zero attached hydrogens (tertiary/aromatic N) is 3. The van der Waals surface area contributed by atoms with Gasteiger partial charge in [0.05, 0.1) is 18.7 Å².